The van der Waals surface area contributed by atoms with E-state index in [0.717, 1.165) is 11.3 Å². The van der Waals surface area contributed by atoms with E-state index in [1.807, 2.05) is 0 Å². The van der Waals surface area contributed by atoms with Gasteiger partial charge >= 0.3 is 6.03 Å². The molecule has 2 unspecified atom stereocenters. The molecule has 1 saturated heterocycles. The molecule has 1 aliphatic rings. The Labute approximate surface area is 124 Å². The van der Waals surface area contributed by atoms with Crippen LogP contribution < -0.4 is 9.64 Å². The second-order valence-corrected chi connectivity index (χ2v) is 5.32. The van der Waals surface area contributed by atoms with Gasteiger partial charge in [0.15, 0.2) is 6.23 Å². The molecule has 0 aliphatic carbocycles. The summed E-state index contributed by atoms with van der Waals surface area (Å²) in [4.78, 5) is 15.0. The summed E-state index contributed by atoms with van der Waals surface area (Å²) < 4.78 is 9.99. The van der Waals surface area contributed by atoms with Crippen molar-refractivity contribution in [3.63, 3.8) is 0 Å². The Bertz CT molecular complexity index is 474. The molecular weight excluding hydrogens is 308 g/mol. The lowest BCUT2D eigenvalue weighted by Crippen LogP contribution is -2.41. The lowest BCUT2D eigenvalue weighted by atomic mass is 10.2. The van der Waals surface area contributed by atoms with Crippen LogP contribution in [-0.4, -0.2) is 71.8 Å². The third kappa shape index (κ3) is 2.66. The van der Waals surface area contributed by atoms with Crippen LogP contribution >= 0.6 is 22.9 Å². The maximum Gasteiger partial charge on any atom is 0.329 e. The van der Waals surface area contributed by atoms with Crippen molar-refractivity contribution in [1.29, 1.82) is 0 Å². The number of amides is 2. The first-order valence-corrected chi connectivity index (χ1v) is 7.19. The number of carbonyl (C=O) groups excluding carboxylic acids is 1. The number of aliphatic hydroxyl groups excluding tert-OH is 1. The minimum absolute atomic E-state index is 0.205. The minimum atomic E-state index is -1.07. The third-order valence-electron chi connectivity index (χ3n) is 2.90. The normalized spacial score (nSPS) is 22.7. The summed E-state index contributed by atoms with van der Waals surface area (Å²) in [6.07, 6.45) is -1.07. The molecule has 112 valence electrons. The SMILES string of the molecule is COCC1C(O)N(c2nnc(OC)s2)C(=O)N1CCCl. The first kappa shape index (κ1) is 15.2. The van der Waals surface area contributed by atoms with Gasteiger partial charge in [-0.15, -0.1) is 16.7 Å². The quantitative estimate of drug-likeness (QED) is 0.761. The first-order chi connectivity index (χ1) is 9.63. The fourth-order valence-electron chi connectivity index (χ4n) is 2.00. The van der Waals surface area contributed by atoms with E-state index in [4.69, 9.17) is 21.1 Å². The number of rotatable bonds is 6. The molecule has 1 aromatic rings. The van der Waals surface area contributed by atoms with Gasteiger partial charge in [-0.3, -0.25) is 0 Å². The van der Waals surface area contributed by atoms with E-state index >= 15 is 0 Å². The summed E-state index contributed by atoms with van der Waals surface area (Å²) >= 11 is 6.78. The highest BCUT2D eigenvalue weighted by Gasteiger charge is 2.46. The predicted octanol–water partition coefficient (Wildman–Crippen LogP) is 0.361. The van der Waals surface area contributed by atoms with E-state index < -0.39 is 12.3 Å². The molecule has 2 amide bonds. The molecule has 1 aliphatic heterocycles. The number of aromatic nitrogens is 2. The Morgan fingerprint density at radius 2 is 2.20 bits per heavy atom. The van der Waals surface area contributed by atoms with Gasteiger partial charge in [0.25, 0.3) is 5.19 Å². The van der Waals surface area contributed by atoms with Crippen molar-refractivity contribution in [3.8, 4) is 5.19 Å². The fourth-order valence-corrected chi connectivity index (χ4v) is 2.87. The van der Waals surface area contributed by atoms with Gasteiger partial charge in [-0.2, -0.15) is 0 Å². The number of anilines is 1. The van der Waals surface area contributed by atoms with Crippen LogP contribution in [0.2, 0.25) is 0 Å². The molecule has 2 heterocycles. The number of hydrogen-bond donors (Lipinski definition) is 1. The zero-order valence-electron chi connectivity index (χ0n) is 11.0. The molecular formula is C10H15ClN4O4S. The summed E-state index contributed by atoms with van der Waals surface area (Å²) in [6.45, 7) is 0.522. The number of hydrogen-bond acceptors (Lipinski definition) is 7. The summed E-state index contributed by atoms with van der Waals surface area (Å²) in [7, 11) is 2.97. The molecule has 8 nitrogen and oxygen atoms in total. The molecule has 0 bridgehead atoms. The van der Waals surface area contributed by atoms with Crippen LogP contribution in [0, 0.1) is 0 Å². The Balaban J connectivity index is 2.26. The van der Waals surface area contributed by atoms with Gasteiger partial charge in [0.05, 0.1) is 13.7 Å². The van der Waals surface area contributed by atoms with Crippen molar-refractivity contribution in [3.05, 3.63) is 0 Å². The highest BCUT2D eigenvalue weighted by atomic mass is 35.5. The lowest BCUT2D eigenvalue weighted by Gasteiger charge is -2.22. The Kier molecular flexibility index (Phi) is 4.97. The number of methoxy groups -OCH3 is 2. The van der Waals surface area contributed by atoms with Crippen LogP contribution in [0.5, 0.6) is 5.19 Å². The number of alkyl halides is 1. The number of nitrogens with zero attached hydrogens (tertiary/aromatic N) is 4. The van der Waals surface area contributed by atoms with Crippen LogP contribution in [0.3, 0.4) is 0 Å². The second kappa shape index (κ2) is 6.53. The van der Waals surface area contributed by atoms with Crippen molar-refractivity contribution >= 4 is 34.1 Å². The summed E-state index contributed by atoms with van der Waals surface area (Å²) in [5.41, 5.74) is 0. The molecule has 10 heteroatoms. The topological polar surface area (TPSA) is 88.0 Å². The van der Waals surface area contributed by atoms with Gasteiger partial charge in [0, 0.05) is 19.5 Å². The van der Waals surface area contributed by atoms with Crippen LogP contribution in [0.1, 0.15) is 0 Å². The molecule has 1 N–H and O–H groups in total. The van der Waals surface area contributed by atoms with Crippen LogP contribution in [0.4, 0.5) is 9.93 Å². The van der Waals surface area contributed by atoms with Crippen LogP contribution in [0.15, 0.2) is 0 Å². The number of ether oxygens (including phenoxy) is 2. The number of halogens is 1. The zero-order valence-corrected chi connectivity index (χ0v) is 12.6. The molecule has 0 saturated carbocycles. The van der Waals surface area contributed by atoms with Crippen molar-refractivity contribution in [1.82, 2.24) is 15.1 Å². The van der Waals surface area contributed by atoms with Gasteiger partial charge in [-0.25, -0.2) is 9.69 Å². The zero-order chi connectivity index (χ0) is 14.7. The van der Waals surface area contributed by atoms with Gasteiger partial charge in [-0.1, -0.05) is 5.10 Å². The lowest BCUT2D eigenvalue weighted by molar-refractivity contribution is 0.0573. The molecule has 1 aromatic heterocycles. The van der Waals surface area contributed by atoms with Crippen molar-refractivity contribution in [2.75, 3.05) is 38.2 Å². The summed E-state index contributed by atoms with van der Waals surface area (Å²) in [5, 5.41) is 18.5. The first-order valence-electron chi connectivity index (χ1n) is 5.84. The molecule has 0 spiro atoms. The second-order valence-electron chi connectivity index (χ2n) is 4.03. The standard InChI is InChI=1S/C10H15ClN4O4S/c1-18-5-6-7(16)15(10(17)14(6)4-3-11)8-12-13-9(19-2)20-8/h6-7,16H,3-5H2,1-2H3. The predicted molar refractivity (Wildman–Crippen MR) is 73.4 cm³/mol. The third-order valence-corrected chi connectivity index (χ3v) is 3.95. The number of aliphatic hydroxyl groups is 1. The van der Waals surface area contributed by atoms with Gasteiger partial charge < -0.3 is 19.5 Å². The van der Waals surface area contributed by atoms with Crippen molar-refractivity contribution < 1.29 is 19.4 Å². The number of carbonyl (C=O) groups is 1. The Morgan fingerprint density at radius 3 is 2.75 bits per heavy atom. The van der Waals surface area contributed by atoms with Crippen LogP contribution in [-0.2, 0) is 4.74 Å². The smallest absolute Gasteiger partial charge is 0.329 e. The minimum Gasteiger partial charge on any atom is -0.472 e. The molecule has 20 heavy (non-hydrogen) atoms. The van der Waals surface area contributed by atoms with Gasteiger partial charge in [-0.05, 0) is 11.3 Å². The Hall–Kier alpha value is -1.16. The fraction of sp³-hybridized carbons (Fsp3) is 0.700. The molecule has 1 fully saturated rings. The molecule has 2 rings (SSSR count). The molecule has 0 aromatic carbocycles. The van der Waals surface area contributed by atoms with Crippen molar-refractivity contribution in [2.24, 2.45) is 0 Å². The van der Waals surface area contributed by atoms with Gasteiger partial charge in [0.2, 0.25) is 5.13 Å². The van der Waals surface area contributed by atoms with Gasteiger partial charge in [0.1, 0.15) is 6.04 Å². The van der Waals surface area contributed by atoms with E-state index in [1.165, 1.54) is 24.0 Å². The average molecular weight is 323 g/mol. The van der Waals surface area contributed by atoms with E-state index in [9.17, 15) is 9.90 Å². The van der Waals surface area contributed by atoms with Crippen LogP contribution in [0.25, 0.3) is 0 Å². The Morgan fingerprint density at radius 1 is 1.45 bits per heavy atom. The maximum absolute atomic E-state index is 12.4. The van der Waals surface area contributed by atoms with E-state index in [2.05, 4.69) is 10.2 Å². The van der Waals surface area contributed by atoms with E-state index in [0.29, 0.717) is 11.7 Å². The maximum atomic E-state index is 12.4. The number of urea groups is 1. The van der Waals surface area contributed by atoms with Crippen molar-refractivity contribution in [2.45, 2.75) is 12.3 Å². The highest BCUT2D eigenvalue weighted by molar-refractivity contribution is 7.17. The average Bonchev–Trinajstić information content (AvgIpc) is 2.98. The van der Waals surface area contributed by atoms with E-state index in [-0.39, 0.29) is 23.6 Å². The van der Waals surface area contributed by atoms with E-state index in [1.54, 1.807) is 0 Å². The highest BCUT2D eigenvalue weighted by Crippen LogP contribution is 2.32. The molecule has 2 atom stereocenters. The largest absolute Gasteiger partial charge is 0.472 e. The molecule has 0 radical (unpaired) electrons. The monoisotopic (exact) mass is 322 g/mol. The summed E-state index contributed by atoms with van der Waals surface area (Å²) in [6, 6.07) is -0.875. The summed E-state index contributed by atoms with van der Waals surface area (Å²) in [5.74, 6) is 0.270.